The second-order valence-electron chi connectivity index (χ2n) is 7.21. The summed E-state index contributed by atoms with van der Waals surface area (Å²) in [6.07, 6.45) is 2.89. The molecular weight excluding hydrogens is 284 g/mol. The van der Waals surface area contributed by atoms with Crippen molar-refractivity contribution in [3.8, 4) is 0 Å². The lowest BCUT2D eigenvalue weighted by atomic mass is 9.80. The fourth-order valence-electron chi connectivity index (χ4n) is 3.09. The lowest BCUT2D eigenvalue weighted by molar-refractivity contribution is -0.135. The summed E-state index contributed by atoms with van der Waals surface area (Å²) in [5, 5.41) is 6.51. The molecule has 2 saturated carbocycles. The van der Waals surface area contributed by atoms with Gasteiger partial charge in [-0.25, -0.2) is 4.79 Å². The van der Waals surface area contributed by atoms with Crippen LogP contribution in [0.4, 0.5) is 4.79 Å². The Hall–Kier alpha value is -0.850. The lowest BCUT2D eigenvalue weighted by Crippen LogP contribution is -2.65. The molecule has 22 heavy (non-hydrogen) atoms. The Balaban J connectivity index is 1.63. The second-order valence-corrected chi connectivity index (χ2v) is 7.21. The minimum absolute atomic E-state index is 0.137. The molecule has 0 spiro atoms. The number of methoxy groups -OCH3 is 1. The number of amides is 1. The van der Waals surface area contributed by atoms with Crippen molar-refractivity contribution in [1.29, 1.82) is 0 Å². The summed E-state index contributed by atoms with van der Waals surface area (Å²) in [5.41, 5.74) is -0.447. The van der Waals surface area contributed by atoms with Crippen LogP contribution >= 0.6 is 0 Å². The summed E-state index contributed by atoms with van der Waals surface area (Å²) in [5.74, 6) is 0. The first-order valence-electron chi connectivity index (χ1n) is 8.22. The highest BCUT2D eigenvalue weighted by Gasteiger charge is 2.44. The Morgan fingerprint density at radius 2 is 1.86 bits per heavy atom. The van der Waals surface area contributed by atoms with Crippen molar-refractivity contribution in [2.45, 2.75) is 82.9 Å². The Morgan fingerprint density at radius 1 is 1.18 bits per heavy atom. The molecule has 2 aliphatic carbocycles. The van der Waals surface area contributed by atoms with Crippen LogP contribution < -0.4 is 10.6 Å². The topological polar surface area (TPSA) is 68.8 Å². The van der Waals surface area contributed by atoms with Crippen molar-refractivity contribution in [3.05, 3.63) is 0 Å². The van der Waals surface area contributed by atoms with E-state index in [2.05, 4.69) is 10.6 Å². The van der Waals surface area contributed by atoms with Gasteiger partial charge in [0.1, 0.15) is 5.60 Å². The van der Waals surface area contributed by atoms with E-state index in [1.807, 2.05) is 27.7 Å². The number of hydrogen-bond donors (Lipinski definition) is 2. The largest absolute Gasteiger partial charge is 0.444 e. The van der Waals surface area contributed by atoms with Gasteiger partial charge in [-0.3, -0.25) is 0 Å². The van der Waals surface area contributed by atoms with Gasteiger partial charge in [0.25, 0.3) is 0 Å². The summed E-state index contributed by atoms with van der Waals surface area (Å²) < 4.78 is 16.4. The predicted octanol–water partition coefficient (Wildman–Crippen LogP) is 1.82. The van der Waals surface area contributed by atoms with E-state index < -0.39 is 5.60 Å². The minimum atomic E-state index is -0.447. The zero-order chi connectivity index (χ0) is 16.3. The van der Waals surface area contributed by atoms with Crippen LogP contribution in [0.3, 0.4) is 0 Å². The fraction of sp³-hybridized carbons (Fsp3) is 0.938. The van der Waals surface area contributed by atoms with Crippen LogP contribution in [0.5, 0.6) is 0 Å². The number of alkyl carbamates (subject to hydrolysis) is 1. The van der Waals surface area contributed by atoms with Crippen LogP contribution in [0.2, 0.25) is 0 Å². The first kappa shape index (κ1) is 17.5. The molecule has 2 rings (SSSR count). The predicted molar refractivity (Wildman–Crippen MR) is 83.9 cm³/mol. The van der Waals surface area contributed by atoms with Crippen LogP contribution in [-0.4, -0.2) is 55.7 Å². The smallest absolute Gasteiger partial charge is 0.407 e. The molecule has 6 nitrogen and oxygen atoms in total. The first-order valence-corrected chi connectivity index (χ1v) is 8.22. The third kappa shape index (κ3) is 4.57. The van der Waals surface area contributed by atoms with Gasteiger partial charge in [-0.1, -0.05) is 0 Å². The average molecular weight is 314 g/mol. The van der Waals surface area contributed by atoms with E-state index in [1.54, 1.807) is 7.11 Å². The molecule has 6 heteroatoms. The van der Waals surface area contributed by atoms with Crippen LogP contribution in [0, 0.1) is 0 Å². The van der Waals surface area contributed by atoms with Gasteiger partial charge >= 0.3 is 6.09 Å². The Kier molecular flexibility index (Phi) is 5.69. The monoisotopic (exact) mass is 314 g/mol. The van der Waals surface area contributed by atoms with Crippen molar-refractivity contribution in [3.63, 3.8) is 0 Å². The van der Waals surface area contributed by atoms with Crippen molar-refractivity contribution >= 4 is 6.09 Å². The van der Waals surface area contributed by atoms with Crippen LogP contribution in [0.15, 0.2) is 0 Å². The van der Waals surface area contributed by atoms with E-state index in [9.17, 15) is 4.79 Å². The summed E-state index contributed by atoms with van der Waals surface area (Å²) in [7, 11) is 1.73. The maximum Gasteiger partial charge on any atom is 0.407 e. The summed E-state index contributed by atoms with van der Waals surface area (Å²) in [6, 6.07) is 0.996. The van der Waals surface area contributed by atoms with E-state index in [0.29, 0.717) is 12.1 Å². The maximum absolute atomic E-state index is 11.7. The van der Waals surface area contributed by atoms with E-state index in [-0.39, 0.29) is 24.3 Å². The van der Waals surface area contributed by atoms with Gasteiger partial charge in [-0.15, -0.1) is 0 Å². The van der Waals surface area contributed by atoms with Crippen molar-refractivity contribution in [1.82, 2.24) is 10.6 Å². The molecule has 0 aromatic carbocycles. The van der Waals surface area contributed by atoms with E-state index >= 15 is 0 Å². The van der Waals surface area contributed by atoms with Crippen molar-refractivity contribution in [2.24, 2.45) is 0 Å². The van der Waals surface area contributed by atoms with Crippen LogP contribution in [0.25, 0.3) is 0 Å². The molecule has 3 atom stereocenters. The highest BCUT2D eigenvalue weighted by molar-refractivity contribution is 5.68. The normalized spacial score (nSPS) is 34.5. The molecule has 128 valence electrons. The maximum atomic E-state index is 11.7. The summed E-state index contributed by atoms with van der Waals surface area (Å²) in [4.78, 5) is 11.7. The molecule has 0 aromatic heterocycles. The van der Waals surface area contributed by atoms with Gasteiger partial charge in [0.2, 0.25) is 0 Å². The molecular formula is C16H30N2O4. The van der Waals surface area contributed by atoms with Gasteiger partial charge in [-0.05, 0) is 47.0 Å². The number of hydrogen-bond acceptors (Lipinski definition) is 5. The third-order valence-corrected chi connectivity index (χ3v) is 4.21. The summed E-state index contributed by atoms with van der Waals surface area (Å²) in [6.45, 7) is 8.34. The Labute approximate surface area is 133 Å². The molecule has 0 aliphatic heterocycles. The van der Waals surface area contributed by atoms with Gasteiger partial charge < -0.3 is 24.8 Å². The highest BCUT2D eigenvalue weighted by Crippen LogP contribution is 2.30. The molecule has 2 aliphatic rings. The van der Waals surface area contributed by atoms with Crippen molar-refractivity contribution in [2.75, 3.05) is 13.7 Å². The van der Waals surface area contributed by atoms with E-state index in [1.165, 1.54) is 0 Å². The molecule has 0 bridgehead atoms. The van der Waals surface area contributed by atoms with Gasteiger partial charge in [0, 0.05) is 31.8 Å². The summed E-state index contributed by atoms with van der Waals surface area (Å²) >= 11 is 0. The molecule has 3 unspecified atom stereocenters. The Bertz CT molecular complexity index is 377. The molecule has 1 amide bonds. The lowest BCUT2D eigenvalue weighted by Gasteiger charge is -2.47. The van der Waals surface area contributed by atoms with Crippen molar-refractivity contribution < 1.29 is 19.0 Å². The molecule has 0 radical (unpaired) electrons. The van der Waals surface area contributed by atoms with Crippen LogP contribution in [0.1, 0.15) is 47.0 Å². The first-order chi connectivity index (χ1) is 10.3. The molecule has 0 aromatic rings. The van der Waals surface area contributed by atoms with Gasteiger partial charge in [0.05, 0.1) is 12.2 Å². The van der Waals surface area contributed by atoms with Crippen LogP contribution in [-0.2, 0) is 14.2 Å². The fourth-order valence-corrected chi connectivity index (χ4v) is 3.09. The van der Waals surface area contributed by atoms with Gasteiger partial charge in [-0.2, -0.15) is 0 Å². The second kappa shape index (κ2) is 7.15. The van der Waals surface area contributed by atoms with E-state index in [0.717, 1.165) is 25.9 Å². The Morgan fingerprint density at radius 3 is 2.41 bits per heavy atom. The molecule has 0 heterocycles. The number of nitrogens with one attached hydrogen (secondary N) is 2. The molecule has 0 saturated heterocycles. The number of carbonyl (C=O) groups is 1. The molecule has 2 fully saturated rings. The zero-order valence-corrected chi connectivity index (χ0v) is 14.3. The minimum Gasteiger partial charge on any atom is -0.444 e. The zero-order valence-electron chi connectivity index (χ0n) is 14.3. The van der Waals surface area contributed by atoms with E-state index in [4.69, 9.17) is 14.2 Å². The molecule has 2 N–H and O–H groups in total. The highest BCUT2D eigenvalue weighted by atomic mass is 16.6. The number of ether oxygens (including phenoxy) is 3. The number of rotatable bonds is 6. The number of carbonyl (C=O) groups excluding carboxylic acids is 1. The third-order valence-electron chi connectivity index (χ3n) is 4.21. The quantitative estimate of drug-likeness (QED) is 0.783. The SMILES string of the molecule is CCOC1CC(NC2CC(NC(=O)OC(C)(C)C)C2)C1OC. The average Bonchev–Trinajstić information content (AvgIpc) is 2.32. The standard InChI is InChI=1S/C16H30N2O4/c1-6-21-13-9-12(14(13)20-5)17-10-7-11(8-10)18-15(19)22-16(2,3)4/h10-14,17H,6-9H2,1-5H3,(H,18,19). The van der Waals surface area contributed by atoms with Gasteiger partial charge in [0.15, 0.2) is 0 Å².